The Kier molecular flexibility index (Phi) is 12.3. The van der Waals surface area contributed by atoms with Crippen LogP contribution in [0, 0.1) is 5.92 Å². The van der Waals surface area contributed by atoms with Crippen LogP contribution in [0.4, 0.5) is 0 Å². The van der Waals surface area contributed by atoms with Crippen molar-refractivity contribution in [2.45, 2.75) is 71.4 Å². The summed E-state index contributed by atoms with van der Waals surface area (Å²) < 4.78 is 25.3. The number of rotatable bonds is 15. The third kappa shape index (κ3) is 15.8. The average Bonchev–Trinajstić information content (AvgIpc) is 2.52. The fraction of sp³-hybridized carbons (Fsp3) is 0.789. The first-order chi connectivity index (χ1) is 13.9. The SMILES string of the molecule is C=CC(=O)OCC(CC(=O)NCCO)C[Si](O[Si](C)(C)C)(O[Si](C)(C)C)O[Si](C)(C)C. The van der Waals surface area contributed by atoms with E-state index in [2.05, 4.69) is 70.8 Å². The molecule has 0 aromatic carbocycles. The van der Waals surface area contributed by atoms with Crippen molar-refractivity contribution in [1.29, 1.82) is 0 Å². The van der Waals surface area contributed by atoms with Crippen molar-refractivity contribution in [2.24, 2.45) is 5.92 Å². The summed E-state index contributed by atoms with van der Waals surface area (Å²) in [6.07, 6.45) is 1.21. The maximum absolute atomic E-state index is 12.4. The van der Waals surface area contributed by atoms with Gasteiger partial charge in [-0.3, -0.25) is 4.79 Å². The summed E-state index contributed by atoms with van der Waals surface area (Å²) in [4.78, 5) is 24.1. The molecule has 0 spiro atoms. The molecule has 8 nitrogen and oxygen atoms in total. The summed E-state index contributed by atoms with van der Waals surface area (Å²) in [6, 6.07) is 0.378. The lowest BCUT2D eigenvalue weighted by Gasteiger charge is -2.44. The lowest BCUT2D eigenvalue weighted by Crippen LogP contribution is -2.61. The molecule has 0 bridgehead atoms. The molecule has 0 radical (unpaired) electrons. The van der Waals surface area contributed by atoms with Gasteiger partial charge in [0.25, 0.3) is 0 Å². The van der Waals surface area contributed by atoms with Crippen LogP contribution in [0.15, 0.2) is 12.7 Å². The molecule has 1 amide bonds. The van der Waals surface area contributed by atoms with E-state index in [-0.39, 0.29) is 38.0 Å². The van der Waals surface area contributed by atoms with Crippen molar-refractivity contribution in [1.82, 2.24) is 5.32 Å². The zero-order valence-corrected chi connectivity index (χ0v) is 24.8. The van der Waals surface area contributed by atoms with Gasteiger partial charge in [-0.05, 0) is 58.9 Å². The molecule has 0 saturated heterocycles. The third-order valence-corrected chi connectivity index (χ3v) is 15.6. The van der Waals surface area contributed by atoms with Gasteiger partial charge in [-0.15, -0.1) is 0 Å². The molecule has 2 N–H and O–H groups in total. The monoisotopic (exact) mass is 509 g/mol. The van der Waals surface area contributed by atoms with Crippen LogP contribution in [0.25, 0.3) is 0 Å². The smallest absolute Gasteiger partial charge is 0.462 e. The van der Waals surface area contributed by atoms with Gasteiger partial charge in [0.15, 0.2) is 25.0 Å². The maximum Gasteiger partial charge on any atom is 0.469 e. The molecule has 0 aliphatic heterocycles. The van der Waals surface area contributed by atoms with Crippen molar-refractivity contribution < 1.29 is 31.8 Å². The molecule has 0 fully saturated rings. The number of ether oxygens (including phenoxy) is 1. The Morgan fingerprint density at radius 3 is 1.74 bits per heavy atom. The number of amides is 1. The standard InChI is InChI=1S/C19H43NO7Si4/c1-11-19(23)24-15-17(14-18(22)20-12-13-21)16-31(25-28(2,3)4,26-29(5,6)7)27-30(8,9)10/h11,17,21H,1,12-16H2,2-10H3,(H,20,22). The van der Waals surface area contributed by atoms with Crippen LogP contribution in [0.5, 0.6) is 0 Å². The Balaban J connectivity index is 6.04. The Bertz CT molecular complexity index is 557. The average molecular weight is 510 g/mol. The lowest BCUT2D eigenvalue weighted by atomic mass is 10.1. The number of aliphatic hydroxyl groups excluding tert-OH is 1. The molecule has 0 saturated carbocycles. The molecule has 0 aromatic rings. The summed E-state index contributed by atoms with van der Waals surface area (Å²) in [5.41, 5.74) is 0. The van der Waals surface area contributed by atoms with Gasteiger partial charge in [-0.25, -0.2) is 4.79 Å². The van der Waals surface area contributed by atoms with Gasteiger partial charge in [-0.1, -0.05) is 6.58 Å². The van der Waals surface area contributed by atoms with Crippen LogP contribution in [-0.4, -0.2) is 70.5 Å². The fourth-order valence-electron chi connectivity index (χ4n) is 2.92. The molecular weight excluding hydrogens is 467 g/mol. The minimum Gasteiger partial charge on any atom is -0.462 e. The van der Waals surface area contributed by atoms with Crippen molar-refractivity contribution in [3.8, 4) is 0 Å². The van der Waals surface area contributed by atoms with E-state index in [4.69, 9.17) is 22.2 Å². The molecule has 0 aliphatic carbocycles. The number of carbonyl (C=O) groups is 2. The van der Waals surface area contributed by atoms with Gasteiger partial charge < -0.3 is 27.5 Å². The molecule has 0 aromatic heterocycles. The summed E-state index contributed by atoms with van der Waals surface area (Å²) in [5.74, 6) is -1.12. The summed E-state index contributed by atoms with van der Waals surface area (Å²) in [6.45, 7) is 22.3. The van der Waals surface area contributed by atoms with E-state index >= 15 is 0 Å². The van der Waals surface area contributed by atoms with Gasteiger partial charge >= 0.3 is 14.8 Å². The van der Waals surface area contributed by atoms with Gasteiger partial charge in [-0.2, -0.15) is 0 Å². The van der Waals surface area contributed by atoms with E-state index in [0.29, 0.717) is 6.04 Å². The van der Waals surface area contributed by atoms with Gasteiger partial charge in [0.2, 0.25) is 5.91 Å². The third-order valence-electron chi connectivity index (χ3n) is 3.46. The predicted molar refractivity (Wildman–Crippen MR) is 133 cm³/mol. The number of aliphatic hydroxyl groups is 1. The first-order valence-electron chi connectivity index (χ1n) is 10.7. The second kappa shape index (κ2) is 12.6. The molecule has 31 heavy (non-hydrogen) atoms. The highest BCUT2D eigenvalue weighted by atomic mass is 28.5. The van der Waals surface area contributed by atoms with Crippen LogP contribution >= 0.6 is 0 Å². The maximum atomic E-state index is 12.4. The Labute approximate surface area is 192 Å². The van der Waals surface area contributed by atoms with Crippen LogP contribution in [0.3, 0.4) is 0 Å². The number of carbonyl (C=O) groups excluding carboxylic acids is 2. The van der Waals surface area contributed by atoms with Gasteiger partial charge in [0.05, 0.1) is 13.2 Å². The summed E-state index contributed by atoms with van der Waals surface area (Å²) >= 11 is 0. The second-order valence-corrected chi connectivity index (χ2v) is 27.4. The number of esters is 1. The molecule has 12 heteroatoms. The van der Waals surface area contributed by atoms with E-state index in [1.54, 1.807) is 0 Å². The van der Waals surface area contributed by atoms with Crippen molar-refractivity contribution >= 4 is 45.6 Å². The van der Waals surface area contributed by atoms with E-state index in [0.717, 1.165) is 6.08 Å². The number of nitrogens with one attached hydrogen (secondary N) is 1. The molecule has 1 unspecified atom stereocenters. The van der Waals surface area contributed by atoms with Crippen molar-refractivity contribution in [2.75, 3.05) is 19.8 Å². The largest absolute Gasteiger partial charge is 0.469 e. The first kappa shape index (κ1) is 30.4. The molecule has 0 aliphatic rings. The molecule has 1 atom stereocenters. The highest BCUT2D eigenvalue weighted by Crippen LogP contribution is 2.32. The van der Waals surface area contributed by atoms with Crippen LogP contribution < -0.4 is 5.32 Å². The highest BCUT2D eigenvalue weighted by Gasteiger charge is 2.51. The van der Waals surface area contributed by atoms with Gasteiger partial charge in [0, 0.05) is 31.0 Å². The normalized spacial score (nSPS) is 14.1. The second-order valence-electron chi connectivity index (χ2n) is 10.5. The summed E-state index contributed by atoms with van der Waals surface area (Å²) in [5, 5.41) is 11.7. The van der Waals surface area contributed by atoms with Crippen LogP contribution in [0.2, 0.25) is 65.0 Å². The molecule has 182 valence electrons. The number of hydrogen-bond acceptors (Lipinski definition) is 7. The summed E-state index contributed by atoms with van der Waals surface area (Å²) in [7, 11) is -9.43. The van der Waals surface area contributed by atoms with E-state index in [1.807, 2.05) is 0 Å². The van der Waals surface area contributed by atoms with Crippen molar-refractivity contribution in [3.05, 3.63) is 12.7 Å². The zero-order valence-electron chi connectivity index (χ0n) is 20.8. The van der Waals surface area contributed by atoms with Crippen molar-refractivity contribution in [3.63, 3.8) is 0 Å². The van der Waals surface area contributed by atoms with E-state index in [1.165, 1.54) is 0 Å². The molecule has 0 heterocycles. The Morgan fingerprint density at radius 2 is 1.39 bits per heavy atom. The molecule has 0 rings (SSSR count). The van der Waals surface area contributed by atoms with E-state index in [9.17, 15) is 9.59 Å². The van der Waals surface area contributed by atoms with E-state index < -0.39 is 39.7 Å². The molecular formula is C19H43NO7Si4. The zero-order chi connectivity index (χ0) is 24.5. The topological polar surface area (TPSA) is 103 Å². The predicted octanol–water partition coefficient (Wildman–Crippen LogP) is 3.32. The van der Waals surface area contributed by atoms with Crippen LogP contribution in [0.1, 0.15) is 6.42 Å². The lowest BCUT2D eigenvalue weighted by molar-refractivity contribution is -0.140. The fourth-order valence-corrected chi connectivity index (χ4v) is 17.7. The van der Waals surface area contributed by atoms with Crippen LogP contribution in [-0.2, 0) is 26.7 Å². The highest BCUT2D eigenvalue weighted by molar-refractivity contribution is 6.90. The Morgan fingerprint density at radius 1 is 0.935 bits per heavy atom. The quantitative estimate of drug-likeness (QED) is 0.198. The first-order valence-corrected chi connectivity index (χ1v) is 22.8. The minimum absolute atomic E-state index is 0.0331. The van der Waals surface area contributed by atoms with Gasteiger partial charge in [0.1, 0.15) is 0 Å². The number of hydrogen-bond donors (Lipinski definition) is 2. The minimum atomic E-state index is -3.21. The Hall–Kier alpha value is -0.612.